The molecule has 1 aromatic carbocycles. The zero-order valence-corrected chi connectivity index (χ0v) is 13.1. The molecule has 0 aliphatic rings. The van der Waals surface area contributed by atoms with Crippen molar-refractivity contribution in [3.63, 3.8) is 0 Å². The summed E-state index contributed by atoms with van der Waals surface area (Å²) < 4.78 is 0.547. The third-order valence-corrected chi connectivity index (χ3v) is 3.40. The van der Waals surface area contributed by atoms with Gasteiger partial charge in [0.2, 0.25) is 5.91 Å². The number of rotatable bonds is 4. The van der Waals surface area contributed by atoms with Crippen molar-refractivity contribution in [3.05, 3.63) is 22.7 Å². The molecule has 0 aromatic heterocycles. The van der Waals surface area contributed by atoms with E-state index >= 15 is 0 Å². The van der Waals surface area contributed by atoms with Crippen LogP contribution in [0.25, 0.3) is 0 Å². The second-order valence-corrected chi connectivity index (χ2v) is 6.68. The van der Waals surface area contributed by atoms with Gasteiger partial charge in [0, 0.05) is 6.54 Å². The predicted molar refractivity (Wildman–Crippen MR) is 81.1 cm³/mol. The molecule has 0 fully saturated rings. The van der Waals surface area contributed by atoms with Gasteiger partial charge in [0.15, 0.2) is 5.75 Å². The Morgan fingerprint density at radius 2 is 2.11 bits per heavy atom. The quantitative estimate of drug-likeness (QED) is 0.743. The van der Waals surface area contributed by atoms with Crippen molar-refractivity contribution in [2.75, 3.05) is 11.9 Å². The number of para-hydroxylation sites is 1. The first kappa shape index (κ1) is 16.0. The highest BCUT2D eigenvalue weighted by atomic mass is 79.9. The number of halogens is 1. The summed E-state index contributed by atoms with van der Waals surface area (Å²) in [6, 6.07) is 5.11. The van der Waals surface area contributed by atoms with Crippen LogP contribution in [-0.4, -0.2) is 17.6 Å². The summed E-state index contributed by atoms with van der Waals surface area (Å²) in [5.41, 5.74) is 6.09. The molecule has 0 heterocycles. The SMILES string of the molecule is CC(C)(C)CC(CN)C(=O)Nc1cccc(Br)c1O. The minimum atomic E-state index is -0.265. The van der Waals surface area contributed by atoms with Crippen LogP contribution in [-0.2, 0) is 4.79 Å². The van der Waals surface area contributed by atoms with Crippen LogP contribution in [0.2, 0.25) is 0 Å². The van der Waals surface area contributed by atoms with Gasteiger partial charge in [-0.2, -0.15) is 0 Å². The van der Waals surface area contributed by atoms with E-state index in [0.717, 1.165) is 0 Å². The number of carbonyl (C=O) groups is 1. The largest absolute Gasteiger partial charge is 0.505 e. The third-order valence-electron chi connectivity index (χ3n) is 2.76. The average Bonchev–Trinajstić information content (AvgIpc) is 2.30. The minimum Gasteiger partial charge on any atom is -0.505 e. The Kier molecular flexibility index (Phi) is 5.38. The Hall–Kier alpha value is -1.07. The zero-order chi connectivity index (χ0) is 14.6. The molecule has 19 heavy (non-hydrogen) atoms. The molecule has 1 atom stereocenters. The molecule has 5 heteroatoms. The zero-order valence-electron chi connectivity index (χ0n) is 11.5. The molecule has 0 bridgehead atoms. The van der Waals surface area contributed by atoms with Gasteiger partial charge in [-0.05, 0) is 39.9 Å². The maximum Gasteiger partial charge on any atom is 0.228 e. The van der Waals surface area contributed by atoms with Crippen molar-refractivity contribution in [2.45, 2.75) is 27.2 Å². The molecule has 4 nitrogen and oxygen atoms in total. The normalized spacial score (nSPS) is 13.1. The highest BCUT2D eigenvalue weighted by Gasteiger charge is 2.24. The summed E-state index contributed by atoms with van der Waals surface area (Å²) in [5, 5.41) is 12.6. The number of amides is 1. The second kappa shape index (κ2) is 6.39. The summed E-state index contributed by atoms with van der Waals surface area (Å²) in [4.78, 5) is 12.2. The molecule has 0 aliphatic carbocycles. The highest BCUT2D eigenvalue weighted by Crippen LogP contribution is 2.32. The molecule has 0 saturated carbocycles. The van der Waals surface area contributed by atoms with Gasteiger partial charge in [0.05, 0.1) is 16.1 Å². The van der Waals surface area contributed by atoms with Crippen molar-refractivity contribution < 1.29 is 9.90 Å². The van der Waals surface area contributed by atoms with E-state index in [0.29, 0.717) is 16.6 Å². The van der Waals surface area contributed by atoms with E-state index < -0.39 is 0 Å². The van der Waals surface area contributed by atoms with Gasteiger partial charge in [-0.15, -0.1) is 0 Å². The van der Waals surface area contributed by atoms with Crippen LogP contribution in [0, 0.1) is 11.3 Å². The maximum absolute atomic E-state index is 12.2. The molecule has 1 aromatic rings. The van der Waals surface area contributed by atoms with Crippen LogP contribution in [0.15, 0.2) is 22.7 Å². The van der Waals surface area contributed by atoms with E-state index in [9.17, 15) is 9.90 Å². The number of carbonyl (C=O) groups excluding carboxylic acids is 1. The van der Waals surface area contributed by atoms with Crippen LogP contribution >= 0.6 is 15.9 Å². The summed E-state index contributed by atoms with van der Waals surface area (Å²) in [6.07, 6.45) is 0.699. The van der Waals surface area contributed by atoms with E-state index in [1.165, 1.54) is 0 Å². The van der Waals surface area contributed by atoms with E-state index in [1.807, 2.05) is 0 Å². The third kappa shape index (κ3) is 4.84. The van der Waals surface area contributed by atoms with Crippen molar-refractivity contribution in [3.8, 4) is 5.75 Å². The first-order valence-corrected chi connectivity index (χ1v) is 7.02. The van der Waals surface area contributed by atoms with Crippen molar-refractivity contribution >= 4 is 27.5 Å². The van der Waals surface area contributed by atoms with Gasteiger partial charge in [0.1, 0.15) is 0 Å². The van der Waals surface area contributed by atoms with Crippen LogP contribution in [0.3, 0.4) is 0 Å². The number of hydrogen-bond acceptors (Lipinski definition) is 3. The number of benzene rings is 1. The number of anilines is 1. The summed E-state index contributed by atoms with van der Waals surface area (Å²) >= 11 is 3.21. The standard InChI is InChI=1S/C14H21BrN2O2/c1-14(2,3)7-9(8-16)13(19)17-11-6-4-5-10(15)12(11)18/h4-6,9,18H,7-8,16H2,1-3H3,(H,17,19). The Bertz CT molecular complexity index is 455. The van der Waals surface area contributed by atoms with Gasteiger partial charge in [-0.25, -0.2) is 0 Å². The fourth-order valence-electron chi connectivity index (χ4n) is 1.87. The highest BCUT2D eigenvalue weighted by molar-refractivity contribution is 9.10. The smallest absolute Gasteiger partial charge is 0.228 e. The Morgan fingerprint density at radius 3 is 2.63 bits per heavy atom. The molecule has 1 rings (SSSR count). The van der Waals surface area contributed by atoms with E-state index in [4.69, 9.17) is 5.73 Å². The first-order valence-electron chi connectivity index (χ1n) is 6.23. The van der Waals surface area contributed by atoms with Gasteiger partial charge in [0.25, 0.3) is 0 Å². The monoisotopic (exact) mass is 328 g/mol. The van der Waals surface area contributed by atoms with Crippen molar-refractivity contribution in [2.24, 2.45) is 17.1 Å². The van der Waals surface area contributed by atoms with E-state index in [1.54, 1.807) is 18.2 Å². The predicted octanol–water partition coefficient (Wildman–Crippen LogP) is 3.10. The van der Waals surface area contributed by atoms with Gasteiger partial charge in [-0.1, -0.05) is 26.8 Å². The number of aromatic hydroxyl groups is 1. The Labute approximate surface area is 122 Å². The van der Waals surface area contributed by atoms with Crippen LogP contribution < -0.4 is 11.1 Å². The van der Waals surface area contributed by atoms with Gasteiger partial charge in [-0.3, -0.25) is 4.79 Å². The van der Waals surface area contributed by atoms with Gasteiger partial charge >= 0.3 is 0 Å². The lowest BCUT2D eigenvalue weighted by molar-refractivity contribution is -0.120. The number of nitrogens with two attached hydrogens (primary N) is 1. The second-order valence-electron chi connectivity index (χ2n) is 5.82. The van der Waals surface area contributed by atoms with Crippen LogP contribution in [0.4, 0.5) is 5.69 Å². The van der Waals surface area contributed by atoms with Crippen molar-refractivity contribution in [1.29, 1.82) is 0 Å². The Morgan fingerprint density at radius 1 is 1.47 bits per heavy atom. The molecule has 0 radical (unpaired) electrons. The molecule has 1 unspecified atom stereocenters. The summed E-state index contributed by atoms with van der Waals surface area (Å²) in [7, 11) is 0. The maximum atomic E-state index is 12.2. The molecule has 106 valence electrons. The molecule has 0 aliphatic heterocycles. The molecule has 1 amide bonds. The van der Waals surface area contributed by atoms with Crippen molar-refractivity contribution in [1.82, 2.24) is 0 Å². The van der Waals surface area contributed by atoms with E-state index in [2.05, 4.69) is 42.0 Å². The summed E-state index contributed by atoms with van der Waals surface area (Å²) in [6.45, 7) is 6.50. The topological polar surface area (TPSA) is 75.4 Å². The summed E-state index contributed by atoms with van der Waals surface area (Å²) in [5.74, 6) is -0.397. The first-order chi connectivity index (χ1) is 8.74. The minimum absolute atomic E-state index is 0.0285. The molecule has 0 saturated heterocycles. The van der Waals surface area contributed by atoms with Crippen LogP contribution in [0.5, 0.6) is 5.75 Å². The number of nitrogens with one attached hydrogen (secondary N) is 1. The Balaban J connectivity index is 2.80. The molecular formula is C14H21BrN2O2. The lowest BCUT2D eigenvalue weighted by atomic mass is 9.84. The van der Waals surface area contributed by atoms with Gasteiger partial charge < -0.3 is 16.2 Å². The van der Waals surface area contributed by atoms with E-state index in [-0.39, 0.29) is 29.5 Å². The number of hydrogen-bond donors (Lipinski definition) is 3. The fourth-order valence-corrected chi connectivity index (χ4v) is 2.24. The molecule has 0 spiro atoms. The lowest BCUT2D eigenvalue weighted by Gasteiger charge is -2.24. The average molecular weight is 329 g/mol. The fraction of sp³-hybridized carbons (Fsp3) is 0.500. The number of phenols is 1. The molecular weight excluding hydrogens is 308 g/mol. The lowest BCUT2D eigenvalue weighted by Crippen LogP contribution is -2.32. The molecule has 4 N–H and O–H groups in total. The number of phenolic OH excluding ortho intramolecular Hbond substituents is 1. The van der Waals surface area contributed by atoms with Crippen LogP contribution in [0.1, 0.15) is 27.2 Å².